The summed E-state index contributed by atoms with van der Waals surface area (Å²) < 4.78 is 6.29. The maximum Gasteiger partial charge on any atom is 0.419 e. The third-order valence-corrected chi connectivity index (χ3v) is 3.72. The standard InChI is InChI=1S/C15H18BrNO2/c1-3-4-5-6-9-17-11(2)13-10-12(16)7-8-14(13)19-15(17)18/h7-8,10H,2-6,9H2,1H3. The van der Waals surface area contributed by atoms with Crippen LogP contribution in [0.4, 0.5) is 4.79 Å². The van der Waals surface area contributed by atoms with E-state index >= 15 is 0 Å². The summed E-state index contributed by atoms with van der Waals surface area (Å²) in [5, 5.41) is 0. The molecule has 1 aliphatic rings. The number of fused-ring (bicyclic) bond motifs is 1. The first-order chi connectivity index (χ1) is 9.13. The van der Waals surface area contributed by atoms with Crippen LogP contribution >= 0.6 is 15.9 Å². The average Bonchev–Trinajstić information content (AvgIpc) is 2.39. The van der Waals surface area contributed by atoms with E-state index in [-0.39, 0.29) is 6.09 Å². The second-order valence-electron chi connectivity index (χ2n) is 4.67. The zero-order valence-electron chi connectivity index (χ0n) is 11.1. The van der Waals surface area contributed by atoms with Gasteiger partial charge in [-0.2, -0.15) is 0 Å². The molecular weight excluding hydrogens is 306 g/mol. The number of halogens is 1. The highest BCUT2D eigenvalue weighted by molar-refractivity contribution is 9.10. The molecule has 1 amide bonds. The third kappa shape index (κ3) is 3.18. The largest absolute Gasteiger partial charge is 0.419 e. The number of nitrogens with zero attached hydrogens (tertiary/aromatic N) is 1. The molecule has 1 aliphatic heterocycles. The number of hydrogen-bond acceptors (Lipinski definition) is 2. The van der Waals surface area contributed by atoms with Gasteiger partial charge in [0.05, 0.1) is 5.70 Å². The maximum absolute atomic E-state index is 11.9. The number of ether oxygens (including phenoxy) is 1. The Bertz CT molecular complexity index is 499. The lowest BCUT2D eigenvalue weighted by atomic mass is 10.1. The van der Waals surface area contributed by atoms with Crippen LogP contribution in [-0.4, -0.2) is 17.5 Å². The van der Waals surface area contributed by atoms with E-state index < -0.39 is 0 Å². The quantitative estimate of drug-likeness (QED) is 0.727. The van der Waals surface area contributed by atoms with Gasteiger partial charge in [0.2, 0.25) is 0 Å². The lowest BCUT2D eigenvalue weighted by Crippen LogP contribution is -2.36. The van der Waals surface area contributed by atoms with E-state index in [2.05, 4.69) is 29.4 Å². The third-order valence-electron chi connectivity index (χ3n) is 3.23. The molecule has 0 saturated carbocycles. The minimum absolute atomic E-state index is 0.323. The molecule has 0 radical (unpaired) electrons. The van der Waals surface area contributed by atoms with E-state index in [0.29, 0.717) is 12.3 Å². The van der Waals surface area contributed by atoms with Crippen molar-refractivity contribution in [3.8, 4) is 5.75 Å². The first kappa shape index (κ1) is 14.1. The molecule has 19 heavy (non-hydrogen) atoms. The minimum atomic E-state index is -0.323. The summed E-state index contributed by atoms with van der Waals surface area (Å²) in [7, 11) is 0. The van der Waals surface area contributed by atoms with Crippen molar-refractivity contribution in [2.45, 2.75) is 32.6 Å². The van der Waals surface area contributed by atoms with Gasteiger partial charge < -0.3 is 4.74 Å². The Morgan fingerprint density at radius 3 is 2.84 bits per heavy atom. The van der Waals surface area contributed by atoms with Gasteiger partial charge in [0.1, 0.15) is 5.75 Å². The molecule has 0 fully saturated rings. The van der Waals surface area contributed by atoms with E-state index in [0.717, 1.165) is 28.6 Å². The molecule has 0 atom stereocenters. The van der Waals surface area contributed by atoms with Gasteiger partial charge in [0.25, 0.3) is 0 Å². The zero-order valence-corrected chi connectivity index (χ0v) is 12.7. The van der Waals surface area contributed by atoms with Crippen LogP contribution in [-0.2, 0) is 0 Å². The molecule has 0 N–H and O–H groups in total. The molecule has 4 heteroatoms. The lowest BCUT2D eigenvalue weighted by Gasteiger charge is -2.30. The second kappa shape index (κ2) is 6.24. The fourth-order valence-electron chi connectivity index (χ4n) is 2.14. The summed E-state index contributed by atoms with van der Waals surface area (Å²) in [5.41, 5.74) is 1.61. The van der Waals surface area contributed by atoms with Crippen molar-refractivity contribution in [1.29, 1.82) is 0 Å². The summed E-state index contributed by atoms with van der Waals surface area (Å²) >= 11 is 3.43. The molecule has 0 aliphatic carbocycles. The van der Waals surface area contributed by atoms with E-state index in [1.807, 2.05) is 12.1 Å². The first-order valence-electron chi connectivity index (χ1n) is 6.61. The zero-order chi connectivity index (χ0) is 13.8. The Kier molecular flexibility index (Phi) is 4.64. The Labute approximate surface area is 122 Å². The number of carbonyl (C=O) groups excluding carboxylic acids is 1. The van der Waals surface area contributed by atoms with Gasteiger partial charge >= 0.3 is 6.09 Å². The molecule has 0 saturated heterocycles. The van der Waals surface area contributed by atoms with Crippen molar-refractivity contribution < 1.29 is 9.53 Å². The van der Waals surface area contributed by atoms with Gasteiger partial charge in [0, 0.05) is 16.6 Å². The molecule has 1 aromatic carbocycles. The fraction of sp³-hybridized carbons (Fsp3) is 0.400. The topological polar surface area (TPSA) is 29.5 Å². The first-order valence-corrected chi connectivity index (χ1v) is 7.41. The molecule has 1 heterocycles. The van der Waals surface area contributed by atoms with Gasteiger partial charge in [-0.3, -0.25) is 4.90 Å². The Morgan fingerprint density at radius 2 is 2.11 bits per heavy atom. The van der Waals surface area contributed by atoms with Gasteiger partial charge in [-0.05, 0) is 24.6 Å². The number of carbonyl (C=O) groups is 1. The molecule has 0 spiro atoms. The highest BCUT2D eigenvalue weighted by Gasteiger charge is 2.28. The monoisotopic (exact) mass is 323 g/mol. The smallest absolute Gasteiger partial charge is 0.409 e. The predicted octanol–water partition coefficient (Wildman–Crippen LogP) is 4.81. The van der Waals surface area contributed by atoms with E-state index in [4.69, 9.17) is 4.74 Å². The normalized spacial score (nSPS) is 14.3. The number of benzene rings is 1. The van der Waals surface area contributed by atoms with E-state index in [1.165, 1.54) is 12.8 Å². The van der Waals surface area contributed by atoms with Crippen molar-refractivity contribution in [1.82, 2.24) is 4.90 Å². The van der Waals surface area contributed by atoms with Crippen LogP contribution in [0.1, 0.15) is 38.2 Å². The minimum Gasteiger partial charge on any atom is -0.409 e. The van der Waals surface area contributed by atoms with Gasteiger partial charge in [-0.1, -0.05) is 48.7 Å². The van der Waals surface area contributed by atoms with Crippen LogP contribution < -0.4 is 4.74 Å². The summed E-state index contributed by atoms with van der Waals surface area (Å²) in [5.74, 6) is 0.586. The predicted molar refractivity (Wildman–Crippen MR) is 80.0 cm³/mol. The summed E-state index contributed by atoms with van der Waals surface area (Å²) in [6.45, 7) is 6.87. The van der Waals surface area contributed by atoms with Crippen molar-refractivity contribution in [2.75, 3.05) is 6.54 Å². The molecule has 2 rings (SSSR count). The number of hydrogen-bond donors (Lipinski definition) is 0. The van der Waals surface area contributed by atoms with Crippen LogP contribution in [0, 0.1) is 0 Å². The van der Waals surface area contributed by atoms with Crippen LogP contribution in [0.5, 0.6) is 5.75 Å². The second-order valence-corrected chi connectivity index (χ2v) is 5.58. The maximum atomic E-state index is 11.9. The summed E-state index contributed by atoms with van der Waals surface area (Å²) in [4.78, 5) is 13.6. The Morgan fingerprint density at radius 1 is 1.32 bits per heavy atom. The highest BCUT2D eigenvalue weighted by Crippen LogP contribution is 2.35. The Balaban J connectivity index is 2.10. The summed E-state index contributed by atoms with van der Waals surface area (Å²) in [6, 6.07) is 5.58. The Hall–Kier alpha value is -1.29. The molecule has 0 bridgehead atoms. The molecular formula is C15H18BrNO2. The van der Waals surface area contributed by atoms with Gasteiger partial charge in [0.15, 0.2) is 0 Å². The van der Waals surface area contributed by atoms with Crippen molar-refractivity contribution in [3.63, 3.8) is 0 Å². The molecule has 0 unspecified atom stereocenters. The van der Waals surface area contributed by atoms with Crippen molar-refractivity contribution in [3.05, 3.63) is 34.8 Å². The van der Waals surface area contributed by atoms with E-state index in [9.17, 15) is 4.79 Å². The van der Waals surface area contributed by atoms with Crippen LogP contribution in [0.25, 0.3) is 5.70 Å². The molecule has 3 nitrogen and oxygen atoms in total. The SMILES string of the molecule is C=C1c2cc(Br)ccc2OC(=O)N1CCCCCC. The lowest BCUT2D eigenvalue weighted by molar-refractivity contribution is 0.167. The van der Waals surface area contributed by atoms with Crippen molar-refractivity contribution >= 4 is 27.7 Å². The number of rotatable bonds is 5. The van der Waals surface area contributed by atoms with Crippen LogP contribution in [0.2, 0.25) is 0 Å². The van der Waals surface area contributed by atoms with Crippen LogP contribution in [0.15, 0.2) is 29.3 Å². The fourth-order valence-corrected chi connectivity index (χ4v) is 2.51. The van der Waals surface area contributed by atoms with Gasteiger partial charge in [-0.25, -0.2) is 4.79 Å². The average molecular weight is 324 g/mol. The summed E-state index contributed by atoms with van der Waals surface area (Å²) in [6.07, 6.45) is 4.15. The highest BCUT2D eigenvalue weighted by atomic mass is 79.9. The molecule has 0 aromatic heterocycles. The molecule has 102 valence electrons. The van der Waals surface area contributed by atoms with E-state index in [1.54, 1.807) is 11.0 Å². The van der Waals surface area contributed by atoms with Gasteiger partial charge in [-0.15, -0.1) is 0 Å². The van der Waals surface area contributed by atoms with Crippen molar-refractivity contribution in [2.24, 2.45) is 0 Å². The number of unbranched alkanes of at least 4 members (excludes halogenated alkanes) is 3. The number of amides is 1. The molecule has 1 aromatic rings. The van der Waals surface area contributed by atoms with Crippen LogP contribution in [0.3, 0.4) is 0 Å².